The molecule has 9 heteroatoms. The molecule has 2 aromatic carbocycles. The van der Waals surface area contributed by atoms with E-state index in [2.05, 4.69) is 37.2 Å². The maximum Gasteiger partial charge on any atom is 0.334 e. The van der Waals surface area contributed by atoms with Crippen molar-refractivity contribution in [2.75, 3.05) is 0 Å². The molecule has 1 N–H and O–H groups in total. The normalized spacial score (nSPS) is 21.7. The molecule has 2 aliphatic rings. The minimum atomic E-state index is -0.932. The molecule has 0 spiro atoms. The fourth-order valence-corrected chi connectivity index (χ4v) is 5.49. The van der Waals surface area contributed by atoms with Gasteiger partial charge in [0, 0.05) is 0 Å². The molecule has 2 aliphatic heterocycles. The van der Waals surface area contributed by atoms with Crippen molar-refractivity contribution in [3.8, 4) is 0 Å². The van der Waals surface area contributed by atoms with Crippen LogP contribution < -0.4 is 5.32 Å². The van der Waals surface area contributed by atoms with Crippen LogP contribution in [0.4, 0.5) is 0 Å². The van der Waals surface area contributed by atoms with E-state index >= 15 is 0 Å². The van der Waals surface area contributed by atoms with Gasteiger partial charge in [0.2, 0.25) is 12.3 Å². The first kappa shape index (κ1) is 22.8. The van der Waals surface area contributed by atoms with Crippen molar-refractivity contribution in [2.45, 2.75) is 23.6 Å². The number of halogens is 2. The number of ether oxygens (including phenoxy) is 1. The summed E-state index contributed by atoms with van der Waals surface area (Å²) < 4.78 is 6.67. The number of thioether (sulfide) groups is 1. The van der Waals surface area contributed by atoms with Crippen LogP contribution in [-0.2, 0) is 19.1 Å². The molecule has 164 valence electrons. The molecule has 2 unspecified atom stereocenters. The van der Waals surface area contributed by atoms with Crippen LogP contribution in [0.2, 0.25) is 0 Å². The third kappa shape index (κ3) is 4.55. The number of fused-ring (bicyclic) bond motifs is 1. The number of nitrogens with one attached hydrogen (secondary N) is 1. The number of benzene rings is 2. The zero-order valence-corrected chi connectivity index (χ0v) is 20.5. The van der Waals surface area contributed by atoms with Crippen LogP contribution >= 0.6 is 43.6 Å². The van der Waals surface area contributed by atoms with E-state index in [-0.39, 0.29) is 11.3 Å². The highest BCUT2D eigenvalue weighted by Gasteiger charge is 2.55. The molecule has 2 amide bonds. The van der Waals surface area contributed by atoms with Gasteiger partial charge in [-0.25, -0.2) is 4.79 Å². The molecule has 4 rings (SSSR count). The van der Waals surface area contributed by atoms with E-state index in [9.17, 15) is 14.4 Å². The van der Waals surface area contributed by atoms with Crippen LogP contribution in [-0.4, -0.2) is 40.6 Å². The lowest BCUT2D eigenvalue weighted by molar-refractivity contribution is -0.164. The Hall–Kier alpha value is -2.36. The summed E-state index contributed by atoms with van der Waals surface area (Å²) in [5.41, 5.74) is 2.26. The third-order valence-corrected chi connectivity index (χ3v) is 6.85. The van der Waals surface area contributed by atoms with Crippen molar-refractivity contribution in [3.05, 3.63) is 92.2 Å². The van der Waals surface area contributed by atoms with Crippen molar-refractivity contribution in [3.63, 3.8) is 0 Å². The summed E-state index contributed by atoms with van der Waals surface area (Å²) in [7, 11) is 0. The maximum absolute atomic E-state index is 13.5. The quantitative estimate of drug-likeness (QED) is 0.303. The van der Waals surface area contributed by atoms with E-state index in [1.165, 1.54) is 16.7 Å². The predicted octanol–water partition coefficient (Wildman–Crippen LogP) is 4.23. The molecule has 0 saturated carbocycles. The molecule has 0 radical (unpaired) electrons. The van der Waals surface area contributed by atoms with Gasteiger partial charge in [0.05, 0.1) is 3.39 Å². The minimum absolute atomic E-state index is 0.322. The van der Waals surface area contributed by atoms with Crippen LogP contribution in [0.1, 0.15) is 17.2 Å². The number of esters is 1. The highest BCUT2D eigenvalue weighted by atomic mass is 79.9. The monoisotopic (exact) mass is 576 g/mol. The predicted molar refractivity (Wildman–Crippen MR) is 130 cm³/mol. The Morgan fingerprint density at radius 3 is 2.19 bits per heavy atom. The number of nitrogens with zero attached hydrogens (tertiary/aromatic N) is 1. The Morgan fingerprint density at radius 1 is 1.06 bits per heavy atom. The second-order valence-electron chi connectivity index (χ2n) is 7.13. The Morgan fingerprint density at radius 2 is 1.66 bits per heavy atom. The second kappa shape index (κ2) is 10.1. The number of amides is 2. The molecule has 6 nitrogen and oxygen atoms in total. The van der Waals surface area contributed by atoms with E-state index < -0.39 is 24.2 Å². The summed E-state index contributed by atoms with van der Waals surface area (Å²) >= 11 is 8.03. The molecule has 0 bridgehead atoms. The van der Waals surface area contributed by atoms with Gasteiger partial charge >= 0.3 is 5.97 Å². The number of carbonyl (C=O) groups is 3. The van der Waals surface area contributed by atoms with Gasteiger partial charge in [0.25, 0.3) is 0 Å². The van der Waals surface area contributed by atoms with E-state index in [1.54, 1.807) is 6.08 Å². The Kier molecular flexibility index (Phi) is 7.17. The lowest BCUT2D eigenvalue weighted by atomic mass is 9.97. The zero-order chi connectivity index (χ0) is 22.7. The van der Waals surface area contributed by atoms with E-state index in [0.29, 0.717) is 15.4 Å². The molecule has 32 heavy (non-hydrogen) atoms. The van der Waals surface area contributed by atoms with Gasteiger partial charge in [-0.2, -0.15) is 0 Å². The molecule has 0 aliphatic carbocycles. The molecule has 3 atom stereocenters. The van der Waals surface area contributed by atoms with Gasteiger partial charge in [-0.1, -0.05) is 60.7 Å². The van der Waals surface area contributed by atoms with Crippen LogP contribution in [0, 0.1) is 0 Å². The molecule has 1 fully saturated rings. The van der Waals surface area contributed by atoms with Gasteiger partial charge in [-0.3, -0.25) is 9.59 Å². The Bertz CT molecular complexity index is 1030. The summed E-state index contributed by atoms with van der Waals surface area (Å²) in [6.07, 6.45) is 1.60. The molecular weight excluding hydrogens is 560 g/mol. The van der Waals surface area contributed by atoms with E-state index in [4.69, 9.17) is 4.74 Å². The average Bonchev–Trinajstić information content (AvgIpc) is 2.81. The summed E-state index contributed by atoms with van der Waals surface area (Å²) in [5.74, 6) is -0.869. The number of rotatable bonds is 7. The molecule has 1 saturated heterocycles. The topological polar surface area (TPSA) is 75.7 Å². The zero-order valence-electron chi connectivity index (χ0n) is 16.6. The SMILES string of the molecule is O=CNC1C(=O)N2C(C(=O)OC(c3ccccc3)c3ccccc3)C(C=C(Br)Br)=CS[C@H]12. The number of hydrogen-bond donors (Lipinski definition) is 1. The van der Waals surface area contributed by atoms with Crippen molar-refractivity contribution >= 4 is 61.9 Å². The van der Waals surface area contributed by atoms with Crippen LogP contribution in [0.5, 0.6) is 0 Å². The Labute approximate surface area is 206 Å². The highest BCUT2D eigenvalue weighted by molar-refractivity contribution is 9.28. The molecular formula is C23H18Br2N2O4S. The van der Waals surface area contributed by atoms with Crippen molar-refractivity contribution in [1.29, 1.82) is 0 Å². The maximum atomic E-state index is 13.5. The van der Waals surface area contributed by atoms with Gasteiger partial charge in [-0.05, 0) is 60.0 Å². The first-order valence-electron chi connectivity index (χ1n) is 9.71. The van der Waals surface area contributed by atoms with Gasteiger partial charge in [-0.15, -0.1) is 11.8 Å². The summed E-state index contributed by atoms with van der Waals surface area (Å²) in [4.78, 5) is 38.7. The summed E-state index contributed by atoms with van der Waals surface area (Å²) in [6, 6.07) is 17.3. The van der Waals surface area contributed by atoms with E-state index in [0.717, 1.165) is 11.1 Å². The lowest BCUT2D eigenvalue weighted by Gasteiger charge is -2.51. The second-order valence-corrected chi connectivity index (χ2v) is 10.9. The fourth-order valence-electron chi connectivity index (χ4n) is 3.76. The van der Waals surface area contributed by atoms with Crippen LogP contribution in [0.3, 0.4) is 0 Å². The smallest absolute Gasteiger partial charge is 0.334 e. The van der Waals surface area contributed by atoms with Crippen molar-refractivity contribution in [2.24, 2.45) is 0 Å². The van der Waals surface area contributed by atoms with Crippen LogP contribution in [0.15, 0.2) is 81.1 Å². The van der Waals surface area contributed by atoms with Crippen molar-refractivity contribution in [1.82, 2.24) is 10.2 Å². The van der Waals surface area contributed by atoms with Gasteiger partial charge in [0.1, 0.15) is 11.4 Å². The summed E-state index contributed by atoms with van der Waals surface area (Å²) in [6.45, 7) is 0. The highest BCUT2D eigenvalue weighted by Crippen LogP contribution is 2.42. The minimum Gasteiger partial charge on any atom is -0.451 e. The Balaban J connectivity index is 1.67. The van der Waals surface area contributed by atoms with Crippen LogP contribution in [0.25, 0.3) is 0 Å². The number of hydrogen-bond acceptors (Lipinski definition) is 5. The average molecular weight is 578 g/mol. The standard InChI is InChI=1S/C23H18Br2N2O4S/c24-17(25)11-16-12-32-22-18(26-13-28)21(29)27(22)19(16)23(30)31-20(14-7-3-1-4-8-14)15-9-5-2-6-10-15/h1-13,18-20,22H,(H,26,28)/t18?,19?,22-/m1/s1. The number of carbonyl (C=O) groups excluding carboxylic acids is 3. The molecule has 0 aromatic heterocycles. The largest absolute Gasteiger partial charge is 0.451 e. The number of β-lactam (4-membered cyclic amide) rings is 1. The molecule has 2 heterocycles. The molecule has 2 aromatic rings. The third-order valence-electron chi connectivity index (χ3n) is 5.20. The van der Waals surface area contributed by atoms with Crippen molar-refractivity contribution < 1.29 is 19.1 Å². The van der Waals surface area contributed by atoms with Gasteiger partial charge in [0.15, 0.2) is 12.1 Å². The fraction of sp³-hybridized carbons (Fsp3) is 0.174. The van der Waals surface area contributed by atoms with Gasteiger partial charge < -0.3 is 15.0 Å². The first-order chi connectivity index (χ1) is 15.5. The summed E-state index contributed by atoms with van der Waals surface area (Å²) in [5, 5.41) is 3.98. The lowest BCUT2D eigenvalue weighted by Crippen LogP contribution is -2.73. The van der Waals surface area contributed by atoms with E-state index in [1.807, 2.05) is 66.1 Å². The first-order valence-corrected chi connectivity index (χ1v) is 12.2.